The lowest BCUT2D eigenvalue weighted by molar-refractivity contribution is -0.140. The molecule has 2 bridgehead atoms. The quantitative estimate of drug-likeness (QED) is 0.484. The number of aliphatic hydroxyl groups excluding tert-OH is 1. The highest BCUT2D eigenvalue weighted by molar-refractivity contribution is 8.02. The number of hydrogen-bond donors (Lipinski definition) is 3. The number of aliphatic hydroxyl groups is 1. The van der Waals surface area contributed by atoms with E-state index < -0.39 is 22.6 Å². The van der Waals surface area contributed by atoms with Gasteiger partial charge in [0.15, 0.2) is 0 Å². The molecule has 0 saturated carbocycles. The van der Waals surface area contributed by atoms with E-state index in [1.807, 2.05) is 6.92 Å². The monoisotopic (exact) mass is 425 g/mol. The van der Waals surface area contributed by atoms with Crippen LogP contribution in [0.2, 0.25) is 0 Å². The molecule has 3 aliphatic heterocycles. The van der Waals surface area contributed by atoms with E-state index in [4.69, 9.17) is 5.11 Å². The number of carbonyl (C=O) groups excluding carboxylic acids is 3. The highest BCUT2D eigenvalue weighted by Crippen LogP contribution is 2.71. The number of nitrogens with zero attached hydrogens (tertiary/aromatic N) is 1. The number of carbonyl (C=O) groups is 3. The van der Waals surface area contributed by atoms with Crippen LogP contribution >= 0.6 is 11.8 Å². The highest BCUT2D eigenvalue weighted by Gasteiger charge is 2.76. The van der Waals surface area contributed by atoms with Gasteiger partial charge in [-0.1, -0.05) is 13.3 Å². The molecule has 29 heavy (non-hydrogen) atoms. The molecule has 164 valence electrons. The van der Waals surface area contributed by atoms with Crippen LogP contribution < -0.4 is 10.6 Å². The molecule has 6 atom stereocenters. The molecule has 3 fully saturated rings. The number of nitrogens with one attached hydrogen (secondary N) is 2. The first-order valence-corrected chi connectivity index (χ1v) is 11.7. The number of hydrogen-bond acceptors (Lipinski definition) is 5. The van der Waals surface area contributed by atoms with Crippen LogP contribution in [0.5, 0.6) is 0 Å². The van der Waals surface area contributed by atoms with Crippen LogP contribution in [0.3, 0.4) is 0 Å². The van der Waals surface area contributed by atoms with Crippen LogP contribution in [0.25, 0.3) is 0 Å². The van der Waals surface area contributed by atoms with Gasteiger partial charge in [-0.3, -0.25) is 14.4 Å². The highest BCUT2D eigenvalue weighted by atomic mass is 32.2. The molecule has 0 aliphatic carbocycles. The second kappa shape index (κ2) is 8.46. The summed E-state index contributed by atoms with van der Waals surface area (Å²) >= 11 is 1.69. The van der Waals surface area contributed by atoms with Crippen molar-refractivity contribution in [3.8, 4) is 0 Å². The maximum atomic E-state index is 13.6. The summed E-state index contributed by atoms with van der Waals surface area (Å²) in [4.78, 5) is 41.5. The summed E-state index contributed by atoms with van der Waals surface area (Å²) in [7, 11) is 1.62. The van der Waals surface area contributed by atoms with Gasteiger partial charge in [-0.15, -0.1) is 11.8 Å². The van der Waals surface area contributed by atoms with Gasteiger partial charge in [0.2, 0.25) is 17.7 Å². The lowest BCUT2D eigenvalue weighted by Gasteiger charge is -2.35. The lowest BCUT2D eigenvalue weighted by Crippen LogP contribution is -2.55. The van der Waals surface area contributed by atoms with Crippen molar-refractivity contribution in [1.82, 2.24) is 15.5 Å². The van der Waals surface area contributed by atoms with Gasteiger partial charge in [-0.2, -0.15) is 0 Å². The summed E-state index contributed by atoms with van der Waals surface area (Å²) in [5.41, 5.74) is 0. The summed E-state index contributed by atoms with van der Waals surface area (Å²) in [6.07, 6.45) is 4.70. The standard InChI is InChI=1S/C21H35N3O4S/c1-5-8-13(2)23-18(27)16-21-10-9-20(3,29-21)14(17(26)22-4)15(21)19(28)24(16)11-6-7-12-25/h13-16,25H,5-12H2,1-4H3,(H,22,26)(H,23,27)/t13?,14-,15-,16?,20+,21?/m0/s1. The molecule has 3 N–H and O–H groups in total. The number of rotatable bonds is 9. The van der Waals surface area contributed by atoms with E-state index in [0.717, 1.165) is 25.7 Å². The minimum atomic E-state index is -0.556. The maximum Gasteiger partial charge on any atom is 0.244 e. The Morgan fingerprint density at radius 3 is 2.66 bits per heavy atom. The van der Waals surface area contributed by atoms with Gasteiger partial charge < -0.3 is 20.6 Å². The number of likely N-dealkylation sites (tertiary alicyclic amines) is 1. The second-order valence-corrected chi connectivity index (χ2v) is 10.9. The van der Waals surface area contributed by atoms with Crippen molar-refractivity contribution < 1.29 is 19.5 Å². The zero-order valence-electron chi connectivity index (χ0n) is 18.0. The number of amides is 3. The molecule has 7 nitrogen and oxygen atoms in total. The van der Waals surface area contributed by atoms with Crippen molar-refractivity contribution in [3.05, 3.63) is 0 Å². The van der Waals surface area contributed by atoms with Crippen LogP contribution in [0, 0.1) is 11.8 Å². The van der Waals surface area contributed by atoms with E-state index in [2.05, 4.69) is 24.5 Å². The smallest absolute Gasteiger partial charge is 0.244 e. The fourth-order valence-electron chi connectivity index (χ4n) is 5.74. The minimum absolute atomic E-state index is 0.0475. The Kier molecular flexibility index (Phi) is 6.53. The third-order valence-electron chi connectivity index (χ3n) is 6.97. The number of thioether (sulfide) groups is 1. The molecule has 3 saturated heterocycles. The van der Waals surface area contributed by atoms with Crippen molar-refractivity contribution in [2.24, 2.45) is 11.8 Å². The molecule has 8 heteroatoms. The molecule has 1 spiro atoms. The van der Waals surface area contributed by atoms with Crippen LogP contribution in [-0.2, 0) is 14.4 Å². The summed E-state index contributed by atoms with van der Waals surface area (Å²) in [6.45, 7) is 6.66. The van der Waals surface area contributed by atoms with E-state index in [1.54, 1.807) is 23.7 Å². The maximum absolute atomic E-state index is 13.6. The van der Waals surface area contributed by atoms with Gasteiger partial charge in [0.1, 0.15) is 6.04 Å². The SMILES string of the molecule is CCCC(C)NC(=O)C1N(CCCCO)C(=O)[C@@H]2[C@@H](C(=O)NC)[C@@]3(C)CCC12S3. The Bertz CT molecular complexity index is 674. The van der Waals surface area contributed by atoms with Gasteiger partial charge in [-0.25, -0.2) is 0 Å². The van der Waals surface area contributed by atoms with Crippen molar-refractivity contribution in [2.45, 2.75) is 80.9 Å². The van der Waals surface area contributed by atoms with E-state index in [0.29, 0.717) is 19.4 Å². The topological polar surface area (TPSA) is 98.7 Å². The van der Waals surface area contributed by atoms with Gasteiger partial charge in [-0.05, 0) is 46.0 Å². The summed E-state index contributed by atoms with van der Waals surface area (Å²) < 4.78 is -0.858. The van der Waals surface area contributed by atoms with Crippen molar-refractivity contribution in [2.75, 3.05) is 20.2 Å². The molecule has 0 aromatic rings. The molecule has 3 amide bonds. The molecule has 3 heterocycles. The molecule has 0 aromatic heterocycles. The summed E-state index contributed by atoms with van der Waals surface area (Å²) in [5.74, 6) is -1.14. The molecular weight excluding hydrogens is 390 g/mol. The van der Waals surface area contributed by atoms with Gasteiger partial charge >= 0.3 is 0 Å². The first kappa shape index (κ1) is 22.4. The van der Waals surface area contributed by atoms with Crippen LogP contribution in [0.1, 0.15) is 59.3 Å². The van der Waals surface area contributed by atoms with E-state index in [1.165, 1.54) is 0 Å². The Morgan fingerprint density at radius 2 is 2.03 bits per heavy atom. The van der Waals surface area contributed by atoms with Crippen molar-refractivity contribution >= 4 is 29.5 Å². The van der Waals surface area contributed by atoms with E-state index >= 15 is 0 Å². The van der Waals surface area contributed by atoms with Crippen LogP contribution in [-0.4, -0.2) is 69.5 Å². The predicted molar refractivity (Wildman–Crippen MR) is 113 cm³/mol. The molecule has 3 aliphatic rings. The lowest BCUT2D eigenvalue weighted by atomic mass is 9.66. The van der Waals surface area contributed by atoms with Crippen molar-refractivity contribution in [3.63, 3.8) is 0 Å². The first-order valence-electron chi connectivity index (χ1n) is 10.9. The Hall–Kier alpha value is -1.28. The average molecular weight is 426 g/mol. The van der Waals surface area contributed by atoms with E-state index in [9.17, 15) is 14.4 Å². The zero-order chi connectivity index (χ0) is 21.4. The van der Waals surface area contributed by atoms with Gasteiger partial charge in [0.25, 0.3) is 0 Å². The fraction of sp³-hybridized carbons (Fsp3) is 0.857. The Morgan fingerprint density at radius 1 is 1.31 bits per heavy atom. The Labute approximate surface area is 177 Å². The second-order valence-electron chi connectivity index (χ2n) is 9.00. The number of fused-ring (bicyclic) bond motifs is 1. The fourth-order valence-corrected chi connectivity index (χ4v) is 8.10. The molecule has 0 aromatic carbocycles. The molecular formula is C21H35N3O4S. The third kappa shape index (κ3) is 3.56. The molecule has 3 rings (SSSR count). The zero-order valence-corrected chi connectivity index (χ0v) is 18.8. The average Bonchev–Trinajstić information content (AvgIpc) is 3.23. The van der Waals surface area contributed by atoms with Crippen LogP contribution in [0.4, 0.5) is 0 Å². The largest absolute Gasteiger partial charge is 0.396 e. The normalized spacial score (nSPS) is 36.2. The van der Waals surface area contributed by atoms with Gasteiger partial charge in [0.05, 0.1) is 16.6 Å². The predicted octanol–water partition coefficient (Wildman–Crippen LogP) is 1.29. The van der Waals surface area contributed by atoms with E-state index in [-0.39, 0.29) is 35.1 Å². The molecule has 0 radical (unpaired) electrons. The molecule has 3 unspecified atom stereocenters. The third-order valence-corrected chi connectivity index (χ3v) is 8.96. The van der Waals surface area contributed by atoms with Gasteiger partial charge in [0, 0.05) is 31.0 Å². The van der Waals surface area contributed by atoms with Crippen LogP contribution in [0.15, 0.2) is 0 Å². The number of unbranched alkanes of at least 4 members (excludes halogenated alkanes) is 1. The summed E-state index contributed by atoms with van der Waals surface area (Å²) in [5, 5.41) is 15.0. The first-order chi connectivity index (χ1) is 13.8. The summed E-state index contributed by atoms with van der Waals surface area (Å²) in [6, 6.07) is -0.509. The van der Waals surface area contributed by atoms with Crippen molar-refractivity contribution in [1.29, 1.82) is 0 Å². The minimum Gasteiger partial charge on any atom is -0.396 e. The Balaban J connectivity index is 1.96.